The molecule has 0 unspecified atom stereocenters. The summed E-state index contributed by atoms with van der Waals surface area (Å²) in [6, 6.07) is 10.4. The first-order valence-corrected chi connectivity index (χ1v) is 8.82. The van der Waals surface area contributed by atoms with Crippen molar-refractivity contribution in [1.29, 1.82) is 0 Å². The predicted molar refractivity (Wildman–Crippen MR) is 104 cm³/mol. The van der Waals surface area contributed by atoms with Crippen molar-refractivity contribution in [3.05, 3.63) is 87.2 Å². The molecule has 4 aromatic rings. The number of ether oxygens (including phenoxy) is 1. The summed E-state index contributed by atoms with van der Waals surface area (Å²) in [5.41, 5.74) is -0.222. The summed E-state index contributed by atoms with van der Waals surface area (Å²) in [6.45, 7) is 0. The smallest absolute Gasteiger partial charge is 0.300 e. The van der Waals surface area contributed by atoms with Gasteiger partial charge in [0.2, 0.25) is 0 Å². The second-order valence-corrected chi connectivity index (χ2v) is 6.53. The molecular weight excluding hydrogens is 399 g/mol. The number of benzene rings is 3. The fourth-order valence-electron chi connectivity index (χ4n) is 3.28. The number of imidazole rings is 1. The van der Waals surface area contributed by atoms with Crippen LogP contribution in [0, 0.1) is 27.6 Å². The molecule has 9 heteroatoms. The van der Waals surface area contributed by atoms with Crippen molar-refractivity contribution in [1.82, 2.24) is 9.97 Å². The molecule has 0 radical (unpaired) electrons. The van der Waals surface area contributed by atoms with Crippen LogP contribution in [0.4, 0.5) is 18.9 Å². The van der Waals surface area contributed by atoms with Gasteiger partial charge in [-0.25, -0.2) is 18.2 Å². The van der Waals surface area contributed by atoms with Gasteiger partial charge in [0.15, 0.2) is 5.52 Å². The molecule has 0 bridgehead atoms. The number of hydrogen-bond acceptors (Lipinski definition) is 4. The Bertz CT molecular complexity index is 1270. The van der Waals surface area contributed by atoms with Crippen molar-refractivity contribution >= 4 is 16.7 Å². The van der Waals surface area contributed by atoms with Gasteiger partial charge >= 0.3 is 5.69 Å². The van der Waals surface area contributed by atoms with Gasteiger partial charge < -0.3 is 9.72 Å². The standard InChI is InChI=1S/C21H14F3N3O3/c1-30-12-6-7-13(17(24)10-12)21-25-18-8-5-11(20(27(28)29)19(18)26-21)9-14-15(22)3-2-4-16(14)23/h2-8,10H,9H2,1H3,(H,25,26). The number of nitrogens with zero attached hydrogens (tertiary/aromatic N) is 2. The lowest BCUT2D eigenvalue weighted by Crippen LogP contribution is -2.01. The van der Waals surface area contributed by atoms with Crippen LogP contribution in [0.5, 0.6) is 5.75 Å². The molecule has 30 heavy (non-hydrogen) atoms. The highest BCUT2D eigenvalue weighted by Crippen LogP contribution is 2.33. The lowest BCUT2D eigenvalue weighted by Gasteiger charge is -2.06. The van der Waals surface area contributed by atoms with Gasteiger partial charge in [-0.15, -0.1) is 0 Å². The van der Waals surface area contributed by atoms with Gasteiger partial charge in [-0.05, 0) is 36.4 Å². The Morgan fingerprint density at radius 3 is 2.43 bits per heavy atom. The van der Waals surface area contributed by atoms with Crippen molar-refractivity contribution in [2.24, 2.45) is 0 Å². The highest BCUT2D eigenvalue weighted by atomic mass is 19.1. The van der Waals surface area contributed by atoms with Gasteiger partial charge in [0.05, 0.1) is 23.1 Å². The minimum absolute atomic E-state index is 0.0283. The van der Waals surface area contributed by atoms with E-state index < -0.39 is 28.1 Å². The number of hydrogen-bond donors (Lipinski definition) is 1. The van der Waals surface area contributed by atoms with Crippen LogP contribution in [0.2, 0.25) is 0 Å². The van der Waals surface area contributed by atoms with Crippen LogP contribution in [0.1, 0.15) is 11.1 Å². The Labute approximate surface area is 168 Å². The molecule has 0 aliphatic rings. The third-order valence-corrected chi connectivity index (χ3v) is 4.75. The van der Waals surface area contributed by atoms with Gasteiger partial charge in [-0.3, -0.25) is 10.1 Å². The monoisotopic (exact) mass is 413 g/mol. The summed E-state index contributed by atoms with van der Waals surface area (Å²) in [5.74, 6) is -1.82. The van der Waals surface area contributed by atoms with E-state index in [1.807, 2.05) is 0 Å². The Morgan fingerprint density at radius 1 is 1.07 bits per heavy atom. The molecule has 0 aliphatic carbocycles. The summed E-state index contributed by atoms with van der Waals surface area (Å²) in [6.07, 6.45) is -0.330. The number of aromatic amines is 1. The SMILES string of the molecule is COc1ccc(-c2nc3c([N+](=O)[O-])c(Cc4c(F)cccc4F)ccc3[nH]2)c(F)c1. The van der Waals surface area contributed by atoms with Crippen molar-refractivity contribution in [3.63, 3.8) is 0 Å². The third kappa shape index (κ3) is 3.34. The maximum absolute atomic E-state index is 14.4. The second-order valence-electron chi connectivity index (χ2n) is 6.53. The Morgan fingerprint density at radius 2 is 1.80 bits per heavy atom. The van der Waals surface area contributed by atoms with E-state index in [2.05, 4.69) is 9.97 Å². The molecule has 152 valence electrons. The summed E-state index contributed by atoms with van der Waals surface area (Å²) in [7, 11) is 1.40. The zero-order valence-corrected chi connectivity index (χ0v) is 15.6. The zero-order chi connectivity index (χ0) is 21.4. The molecule has 4 rings (SSSR count). The number of aromatic nitrogens is 2. The molecule has 0 spiro atoms. The number of nitro benzene ring substituents is 1. The summed E-state index contributed by atoms with van der Waals surface area (Å²) < 4.78 is 47.4. The number of halogens is 3. The maximum Gasteiger partial charge on any atom is 0.300 e. The largest absolute Gasteiger partial charge is 0.497 e. The number of rotatable bonds is 5. The van der Waals surface area contributed by atoms with Crippen LogP contribution in [-0.4, -0.2) is 22.0 Å². The fraction of sp³-hybridized carbons (Fsp3) is 0.0952. The highest BCUT2D eigenvalue weighted by molar-refractivity contribution is 5.89. The Balaban J connectivity index is 1.85. The molecule has 1 heterocycles. The van der Waals surface area contributed by atoms with Crippen LogP contribution in [0.3, 0.4) is 0 Å². The minimum atomic E-state index is -0.799. The lowest BCUT2D eigenvalue weighted by atomic mass is 10.0. The number of fused-ring (bicyclic) bond motifs is 1. The highest BCUT2D eigenvalue weighted by Gasteiger charge is 2.24. The predicted octanol–water partition coefficient (Wildman–Crippen LogP) is 5.15. The van der Waals surface area contributed by atoms with E-state index in [1.54, 1.807) is 0 Å². The van der Waals surface area contributed by atoms with Crippen LogP contribution in [0.15, 0.2) is 48.5 Å². The van der Waals surface area contributed by atoms with E-state index in [0.29, 0.717) is 11.3 Å². The Kier molecular flexibility index (Phi) is 4.86. The normalized spacial score (nSPS) is 11.1. The molecule has 1 aromatic heterocycles. The number of nitro groups is 1. The van der Waals surface area contributed by atoms with E-state index in [9.17, 15) is 23.3 Å². The van der Waals surface area contributed by atoms with Gasteiger partial charge in [0, 0.05) is 23.6 Å². The van der Waals surface area contributed by atoms with E-state index in [4.69, 9.17) is 4.74 Å². The first-order chi connectivity index (χ1) is 14.4. The summed E-state index contributed by atoms with van der Waals surface area (Å²) in [5, 5.41) is 11.8. The average molecular weight is 413 g/mol. The van der Waals surface area contributed by atoms with Crippen molar-refractivity contribution in [2.75, 3.05) is 7.11 Å². The van der Waals surface area contributed by atoms with Crippen LogP contribution in [-0.2, 0) is 6.42 Å². The van der Waals surface area contributed by atoms with E-state index in [-0.39, 0.29) is 34.5 Å². The molecule has 3 aromatic carbocycles. The fourth-order valence-corrected chi connectivity index (χ4v) is 3.28. The van der Waals surface area contributed by atoms with Crippen LogP contribution >= 0.6 is 0 Å². The molecule has 0 fully saturated rings. The van der Waals surface area contributed by atoms with Crippen molar-refractivity contribution in [2.45, 2.75) is 6.42 Å². The van der Waals surface area contributed by atoms with E-state index in [1.165, 1.54) is 43.5 Å². The topological polar surface area (TPSA) is 81.1 Å². The van der Waals surface area contributed by atoms with Gasteiger partial charge in [0.1, 0.15) is 29.0 Å². The first-order valence-electron chi connectivity index (χ1n) is 8.82. The average Bonchev–Trinajstić information content (AvgIpc) is 3.13. The van der Waals surface area contributed by atoms with E-state index in [0.717, 1.165) is 12.1 Å². The third-order valence-electron chi connectivity index (χ3n) is 4.75. The molecule has 1 N–H and O–H groups in total. The number of nitrogens with one attached hydrogen (secondary N) is 1. The molecule has 0 amide bonds. The van der Waals surface area contributed by atoms with Crippen molar-refractivity contribution < 1.29 is 22.8 Å². The van der Waals surface area contributed by atoms with Crippen molar-refractivity contribution in [3.8, 4) is 17.1 Å². The van der Waals surface area contributed by atoms with Gasteiger partial charge in [0.25, 0.3) is 0 Å². The van der Waals surface area contributed by atoms with Crippen LogP contribution in [0.25, 0.3) is 22.4 Å². The molecule has 0 aliphatic heterocycles. The molecule has 0 saturated carbocycles. The molecule has 0 atom stereocenters. The summed E-state index contributed by atoms with van der Waals surface area (Å²) in [4.78, 5) is 18.2. The quantitative estimate of drug-likeness (QED) is 0.362. The first kappa shape index (κ1) is 19.4. The number of methoxy groups -OCH3 is 1. The second kappa shape index (κ2) is 7.51. The molecule has 6 nitrogen and oxygen atoms in total. The zero-order valence-electron chi connectivity index (χ0n) is 15.6. The van der Waals surface area contributed by atoms with Crippen LogP contribution < -0.4 is 4.74 Å². The van der Waals surface area contributed by atoms with E-state index >= 15 is 0 Å². The number of H-pyrrole nitrogens is 1. The molecular formula is C21H14F3N3O3. The maximum atomic E-state index is 14.4. The van der Waals surface area contributed by atoms with Gasteiger partial charge in [-0.2, -0.15) is 0 Å². The molecule has 0 saturated heterocycles. The summed E-state index contributed by atoms with van der Waals surface area (Å²) >= 11 is 0. The minimum Gasteiger partial charge on any atom is -0.497 e. The lowest BCUT2D eigenvalue weighted by molar-refractivity contribution is -0.383. The van der Waals surface area contributed by atoms with Gasteiger partial charge in [-0.1, -0.05) is 6.07 Å². The Hall–Kier alpha value is -3.88.